The predicted molar refractivity (Wildman–Crippen MR) is 115 cm³/mol. The molecule has 7 nitrogen and oxygen atoms in total. The van der Waals surface area contributed by atoms with E-state index in [1.165, 1.54) is 43.4 Å². The van der Waals surface area contributed by atoms with Gasteiger partial charge < -0.3 is 10.3 Å². The van der Waals surface area contributed by atoms with Gasteiger partial charge in [0.1, 0.15) is 16.6 Å². The van der Waals surface area contributed by atoms with Crippen LogP contribution in [0.25, 0.3) is 0 Å². The number of aryl methyl sites for hydroxylation is 2. The summed E-state index contributed by atoms with van der Waals surface area (Å²) < 4.78 is 0. The third-order valence-electron chi connectivity index (χ3n) is 4.98. The van der Waals surface area contributed by atoms with E-state index in [2.05, 4.69) is 27.4 Å². The average Bonchev–Trinajstić information content (AvgIpc) is 3.11. The van der Waals surface area contributed by atoms with Crippen LogP contribution in [0.3, 0.4) is 0 Å². The molecule has 0 bridgehead atoms. The molecule has 1 amide bonds. The van der Waals surface area contributed by atoms with E-state index in [-0.39, 0.29) is 23.5 Å². The van der Waals surface area contributed by atoms with Crippen LogP contribution < -0.4 is 10.9 Å². The molecular formula is C21H29N5O2S. The molecule has 0 aliphatic rings. The number of carbonyl (C=O) groups excluding carboxylic acids is 1. The molecule has 156 valence electrons. The summed E-state index contributed by atoms with van der Waals surface area (Å²) in [6, 6.07) is 1.93. The van der Waals surface area contributed by atoms with Crippen LogP contribution in [0.15, 0.2) is 4.79 Å². The number of nitrogens with zero attached hydrogens (tertiary/aromatic N) is 3. The molecule has 0 aliphatic carbocycles. The van der Waals surface area contributed by atoms with Crippen LogP contribution in [-0.4, -0.2) is 21.1 Å². The lowest BCUT2D eigenvalue weighted by Gasteiger charge is -2.10. The number of amides is 1. The molecule has 2 aromatic rings. The fourth-order valence-electron chi connectivity index (χ4n) is 3.30. The predicted octanol–water partition coefficient (Wildman–Crippen LogP) is 4.19. The highest BCUT2D eigenvalue weighted by Gasteiger charge is 2.14. The highest BCUT2D eigenvalue weighted by Crippen LogP contribution is 2.19. The lowest BCUT2D eigenvalue weighted by atomic mass is 9.99. The Labute approximate surface area is 175 Å². The van der Waals surface area contributed by atoms with Crippen LogP contribution in [0.4, 0.5) is 5.13 Å². The van der Waals surface area contributed by atoms with E-state index in [1.54, 1.807) is 13.8 Å². The first-order valence-electron chi connectivity index (χ1n) is 10.2. The second kappa shape index (κ2) is 11.5. The molecule has 0 radical (unpaired) electrons. The lowest BCUT2D eigenvalue weighted by molar-refractivity contribution is -0.116. The Morgan fingerprint density at radius 3 is 2.59 bits per heavy atom. The quantitative estimate of drug-likeness (QED) is 0.535. The minimum absolute atomic E-state index is 0.106. The van der Waals surface area contributed by atoms with E-state index in [1.807, 2.05) is 6.07 Å². The molecule has 2 N–H and O–H groups in total. The van der Waals surface area contributed by atoms with Crippen molar-refractivity contribution in [3.05, 3.63) is 37.7 Å². The van der Waals surface area contributed by atoms with Crippen molar-refractivity contribution in [3.63, 3.8) is 0 Å². The Morgan fingerprint density at radius 1 is 1.14 bits per heavy atom. The molecular weight excluding hydrogens is 386 g/mol. The van der Waals surface area contributed by atoms with Gasteiger partial charge in [-0.1, -0.05) is 50.4 Å². The fraction of sp³-hybridized carbons (Fsp3) is 0.571. The van der Waals surface area contributed by atoms with Gasteiger partial charge in [0.2, 0.25) is 11.0 Å². The number of nitrogens with one attached hydrogen (secondary N) is 2. The van der Waals surface area contributed by atoms with Crippen molar-refractivity contribution in [2.75, 3.05) is 5.32 Å². The van der Waals surface area contributed by atoms with Crippen molar-refractivity contribution in [1.82, 2.24) is 15.2 Å². The standard InChI is InChI=1S/C21H29N5O2S/c1-4-5-6-7-8-9-10-19-25-26-21(29-19)24-18(27)12-11-16-14(2)17(13-22)20(28)23-15(16)3/h4-12H2,1-3H3,(H,23,28)(H,24,26,27). The van der Waals surface area contributed by atoms with Gasteiger partial charge in [0.15, 0.2) is 0 Å². The molecule has 2 heterocycles. The van der Waals surface area contributed by atoms with Crippen LogP contribution in [0, 0.1) is 25.2 Å². The number of carbonyl (C=O) groups is 1. The highest BCUT2D eigenvalue weighted by atomic mass is 32.1. The van der Waals surface area contributed by atoms with Gasteiger partial charge in [-0.15, -0.1) is 10.2 Å². The molecule has 2 rings (SSSR count). The highest BCUT2D eigenvalue weighted by molar-refractivity contribution is 7.15. The van der Waals surface area contributed by atoms with Gasteiger partial charge in [-0.3, -0.25) is 9.59 Å². The number of rotatable bonds is 11. The zero-order valence-electron chi connectivity index (χ0n) is 17.4. The van der Waals surface area contributed by atoms with Crippen LogP contribution >= 0.6 is 11.3 Å². The maximum Gasteiger partial charge on any atom is 0.266 e. The van der Waals surface area contributed by atoms with Gasteiger partial charge >= 0.3 is 0 Å². The topological polar surface area (TPSA) is 112 Å². The first kappa shape index (κ1) is 22.8. The zero-order valence-corrected chi connectivity index (χ0v) is 18.2. The molecule has 8 heteroatoms. The van der Waals surface area contributed by atoms with Crippen molar-refractivity contribution in [1.29, 1.82) is 5.26 Å². The third kappa shape index (κ3) is 6.79. The summed E-state index contributed by atoms with van der Waals surface area (Å²) in [6.45, 7) is 5.74. The van der Waals surface area contributed by atoms with Crippen molar-refractivity contribution in [3.8, 4) is 6.07 Å². The van der Waals surface area contributed by atoms with Crippen LogP contribution in [0.1, 0.15) is 79.3 Å². The van der Waals surface area contributed by atoms with E-state index in [4.69, 9.17) is 5.26 Å². The normalized spacial score (nSPS) is 10.7. The summed E-state index contributed by atoms with van der Waals surface area (Å²) in [7, 11) is 0. The van der Waals surface area contributed by atoms with E-state index in [9.17, 15) is 9.59 Å². The fourth-order valence-corrected chi connectivity index (χ4v) is 4.10. The van der Waals surface area contributed by atoms with Crippen LogP contribution in [0.2, 0.25) is 0 Å². The second-order valence-electron chi connectivity index (χ2n) is 7.24. The Bertz CT molecular complexity index is 926. The summed E-state index contributed by atoms with van der Waals surface area (Å²) in [5.41, 5.74) is 1.88. The molecule has 0 saturated carbocycles. The lowest BCUT2D eigenvalue weighted by Crippen LogP contribution is -2.18. The average molecular weight is 416 g/mol. The molecule has 0 aliphatic heterocycles. The molecule has 0 saturated heterocycles. The zero-order chi connectivity index (χ0) is 21.2. The van der Waals surface area contributed by atoms with Crippen LogP contribution in [0.5, 0.6) is 0 Å². The number of aromatic nitrogens is 3. The maximum absolute atomic E-state index is 12.3. The van der Waals surface area contributed by atoms with Gasteiger partial charge in [-0.2, -0.15) is 5.26 Å². The molecule has 0 spiro atoms. The van der Waals surface area contributed by atoms with E-state index >= 15 is 0 Å². The Balaban J connectivity index is 1.83. The molecule has 0 aromatic carbocycles. The molecule has 0 atom stereocenters. The van der Waals surface area contributed by atoms with Gasteiger partial charge in [0.25, 0.3) is 5.56 Å². The largest absolute Gasteiger partial charge is 0.325 e. The first-order valence-corrected chi connectivity index (χ1v) is 11.0. The number of hydrogen-bond acceptors (Lipinski definition) is 6. The van der Waals surface area contributed by atoms with E-state index in [0.29, 0.717) is 22.8 Å². The van der Waals surface area contributed by atoms with E-state index < -0.39 is 0 Å². The second-order valence-corrected chi connectivity index (χ2v) is 8.30. The van der Waals surface area contributed by atoms with Gasteiger partial charge in [-0.05, 0) is 37.8 Å². The summed E-state index contributed by atoms with van der Waals surface area (Å²) >= 11 is 1.42. The molecule has 2 aromatic heterocycles. The molecule has 29 heavy (non-hydrogen) atoms. The number of anilines is 1. The third-order valence-corrected chi connectivity index (χ3v) is 5.88. The van der Waals surface area contributed by atoms with Crippen molar-refractivity contribution in [2.24, 2.45) is 0 Å². The molecule has 0 fully saturated rings. The van der Waals surface area contributed by atoms with Gasteiger partial charge in [0, 0.05) is 18.5 Å². The Morgan fingerprint density at radius 2 is 1.86 bits per heavy atom. The monoisotopic (exact) mass is 415 g/mol. The Kier molecular flexibility index (Phi) is 9.00. The summed E-state index contributed by atoms with van der Waals surface area (Å²) in [5.74, 6) is -0.157. The number of hydrogen-bond donors (Lipinski definition) is 2. The number of pyridine rings is 1. The summed E-state index contributed by atoms with van der Waals surface area (Å²) in [5, 5.41) is 21.6. The minimum Gasteiger partial charge on any atom is -0.325 e. The van der Waals surface area contributed by atoms with E-state index in [0.717, 1.165) is 23.4 Å². The van der Waals surface area contributed by atoms with Gasteiger partial charge in [0.05, 0.1) is 0 Å². The van der Waals surface area contributed by atoms with Gasteiger partial charge in [-0.25, -0.2) is 0 Å². The molecule has 0 unspecified atom stereocenters. The Hall–Kier alpha value is -2.53. The SMILES string of the molecule is CCCCCCCCc1nnc(NC(=O)CCc2c(C)[nH]c(=O)c(C#N)c2C)s1. The van der Waals surface area contributed by atoms with Crippen LogP contribution in [-0.2, 0) is 17.6 Å². The maximum atomic E-state index is 12.3. The van der Waals surface area contributed by atoms with Crippen molar-refractivity contribution >= 4 is 22.4 Å². The summed E-state index contributed by atoms with van der Waals surface area (Å²) in [6.07, 6.45) is 8.97. The smallest absolute Gasteiger partial charge is 0.266 e. The van der Waals surface area contributed by atoms with Crippen molar-refractivity contribution < 1.29 is 4.79 Å². The number of aromatic amines is 1. The number of unbranched alkanes of at least 4 members (excludes halogenated alkanes) is 5. The van der Waals surface area contributed by atoms with Crippen molar-refractivity contribution in [2.45, 2.75) is 78.6 Å². The minimum atomic E-state index is -0.387. The first-order chi connectivity index (χ1) is 14.0. The summed E-state index contributed by atoms with van der Waals surface area (Å²) in [4.78, 5) is 26.8. The number of nitriles is 1. The number of H-pyrrole nitrogens is 1.